The predicted octanol–water partition coefficient (Wildman–Crippen LogP) is 3.19. The molecule has 10 heteroatoms. The third-order valence-electron chi connectivity index (χ3n) is 6.21. The molecule has 0 N–H and O–H groups in total. The zero-order valence-corrected chi connectivity index (χ0v) is 18.8. The third-order valence-corrected chi connectivity index (χ3v) is 6.21. The smallest absolute Gasteiger partial charge is 0.406 e. The number of amides is 1. The van der Waals surface area contributed by atoms with Crippen LogP contribution in [-0.2, 0) is 11.3 Å². The molecular weight excluding hydrogens is 452 g/mol. The van der Waals surface area contributed by atoms with Gasteiger partial charge in [0.25, 0.3) is 0 Å². The highest BCUT2D eigenvalue weighted by Gasteiger charge is 2.31. The first kappa shape index (κ1) is 24.3. The number of ether oxygens (including phenoxy) is 1. The lowest BCUT2D eigenvalue weighted by Gasteiger charge is -2.38. The molecule has 2 heterocycles. The fourth-order valence-corrected chi connectivity index (χ4v) is 4.32. The molecule has 0 spiro atoms. The van der Waals surface area contributed by atoms with Crippen LogP contribution in [0.2, 0.25) is 0 Å². The molecule has 34 heavy (non-hydrogen) atoms. The van der Waals surface area contributed by atoms with Crippen molar-refractivity contribution in [2.45, 2.75) is 12.9 Å². The van der Waals surface area contributed by atoms with Crippen LogP contribution < -0.4 is 9.64 Å². The summed E-state index contributed by atoms with van der Waals surface area (Å²) in [6.07, 6.45) is -4.69. The Morgan fingerprint density at radius 2 is 1.38 bits per heavy atom. The summed E-state index contributed by atoms with van der Waals surface area (Å²) >= 11 is 0. The Kier molecular flexibility index (Phi) is 7.57. The van der Waals surface area contributed by atoms with Crippen molar-refractivity contribution in [1.82, 2.24) is 14.7 Å². The largest absolute Gasteiger partial charge is 0.573 e. The normalized spacial score (nSPS) is 18.2. The monoisotopic (exact) mass is 480 g/mol. The quantitative estimate of drug-likeness (QED) is 0.594. The van der Waals surface area contributed by atoms with E-state index in [0.29, 0.717) is 26.2 Å². The maximum absolute atomic E-state index is 13.1. The summed E-state index contributed by atoms with van der Waals surface area (Å²) in [4.78, 5) is 21.2. The molecular formula is C24H28F4N4O2. The average Bonchev–Trinajstić information content (AvgIpc) is 2.81. The Hall–Kier alpha value is -2.85. The standard InChI is InChI=1S/C24H28F4N4O2/c25-20-3-5-21(6-4-20)31-13-15-32(16-14-31)23(33)18-30-11-9-29(10-12-30)17-19-1-7-22(8-2-19)34-24(26,27)28/h1-8H,9-18H2. The molecule has 1 amide bonds. The van der Waals surface area contributed by atoms with Crippen molar-refractivity contribution < 1.29 is 27.1 Å². The topological polar surface area (TPSA) is 39.3 Å². The highest BCUT2D eigenvalue weighted by atomic mass is 19.4. The van der Waals surface area contributed by atoms with Crippen LogP contribution in [0.4, 0.5) is 23.2 Å². The third kappa shape index (κ3) is 6.83. The van der Waals surface area contributed by atoms with Gasteiger partial charge in [0.1, 0.15) is 11.6 Å². The number of carbonyl (C=O) groups is 1. The summed E-state index contributed by atoms with van der Waals surface area (Å²) in [6, 6.07) is 12.4. The average molecular weight is 481 g/mol. The summed E-state index contributed by atoms with van der Waals surface area (Å²) < 4.78 is 53.9. The van der Waals surface area contributed by atoms with E-state index in [1.165, 1.54) is 24.3 Å². The van der Waals surface area contributed by atoms with Crippen molar-refractivity contribution in [3.05, 3.63) is 59.9 Å². The second-order valence-electron chi connectivity index (χ2n) is 8.59. The summed E-state index contributed by atoms with van der Waals surface area (Å²) in [7, 11) is 0. The van der Waals surface area contributed by atoms with Gasteiger partial charge in [-0.25, -0.2) is 4.39 Å². The summed E-state index contributed by atoms with van der Waals surface area (Å²) in [5.41, 5.74) is 1.88. The minimum atomic E-state index is -4.69. The molecule has 2 aromatic carbocycles. The van der Waals surface area contributed by atoms with Gasteiger partial charge in [0, 0.05) is 64.6 Å². The zero-order chi connectivity index (χ0) is 24.1. The van der Waals surface area contributed by atoms with Crippen molar-refractivity contribution in [2.75, 3.05) is 63.8 Å². The molecule has 2 saturated heterocycles. The number of hydrogen-bond donors (Lipinski definition) is 0. The second-order valence-corrected chi connectivity index (χ2v) is 8.59. The molecule has 0 atom stereocenters. The van der Waals surface area contributed by atoms with E-state index in [2.05, 4.69) is 19.4 Å². The molecule has 2 aromatic rings. The lowest BCUT2D eigenvalue weighted by atomic mass is 10.2. The van der Waals surface area contributed by atoms with Gasteiger partial charge in [0.2, 0.25) is 5.91 Å². The van der Waals surface area contributed by atoms with Gasteiger partial charge in [-0.2, -0.15) is 0 Å². The van der Waals surface area contributed by atoms with Crippen molar-refractivity contribution in [3.8, 4) is 5.75 Å². The minimum absolute atomic E-state index is 0.118. The van der Waals surface area contributed by atoms with Gasteiger partial charge in [-0.3, -0.25) is 14.6 Å². The second kappa shape index (κ2) is 10.6. The van der Waals surface area contributed by atoms with E-state index in [0.717, 1.165) is 50.5 Å². The first-order chi connectivity index (χ1) is 16.2. The molecule has 2 aliphatic heterocycles. The van der Waals surface area contributed by atoms with E-state index in [9.17, 15) is 22.4 Å². The predicted molar refractivity (Wildman–Crippen MR) is 120 cm³/mol. The van der Waals surface area contributed by atoms with E-state index in [4.69, 9.17) is 0 Å². The lowest BCUT2D eigenvalue weighted by Crippen LogP contribution is -2.53. The summed E-state index contributed by atoms with van der Waals surface area (Å²) in [6.45, 7) is 6.84. The SMILES string of the molecule is O=C(CN1CCN(Cc2ccc(OC(F)(F)F)cc2)CC1)N1CCN(c2ccc(F)cc2)CC1. The molecule has 0 aliphatic carbocycles. The van der Waals surface area contributed by atoms with E-state index in [-0.39, 0.29) is 17.5 Å². The number of hydrogen-bond acceptors (Lipinski definition) is 5. The van der Waals surface area contributed by atoms with Crippen LogP contribution in [0.25, 0.3) is 0 Å². The van der Waals surface area contributed by atoms with Gasteiger partial charge in [0.05, 0.1) is 6.54 Å². The van der Waals surface area contributed by atoms with E-state index in [1.54, 1.807) is 24.3 Å². The van der Waals surface area contributed by atoms with E-state index in [1.807, 2.05) is 4.90 Å². The van der Waals surface area contributed by atoms with Gasteiger partial charge < -0.3 is 14.5 Å². The molecule has 0 radical (unpaired) electrons. The van der Waals surface area contributed by atoms with Crippen LogP contribution in [0.1, 0.15) is 5.56 Å². The Morgan fingerprint density at radius 1 is 0.794 bits per heavy atom. The van der Waals surface area contributed by atoms with Gasteiger partial charge in [-0.05, 0) is 42.0 Å². The van der Waals surface area contributed by atoms with E-state index >= 15 is 0 Å². The minimum Gasteiger partial charge on any atom is -0.406 e. The maximum atomic E-state index is 13.1. The number of anilines is 1. The number of carbonyl (C=O) groups excluding carboxylic acids is 1. The molecule has 2 aliphatic rings. The fraction of sp³-hybridized carbons (Fsp3) is 0.458. The lowest BCUT2D eigenvalue weighted by molar-refractivity contribution is -0.274. The van der Waals surface area contributed by atoms with Gasteiger partial charge in [0.15, 0.2) is 0 Å². The first-order valence-corrected chi connectivity index (χ1v) is 11.3. The van der Waals surface area contributed by atoms with Crippen LogP contribution in [0.5, 0.6) is 5.75 Å². The number of alkyl halides is 3. The van der Waals surface area contributed by atoms with E-state index < -0.39 is 6.36 Å². The number of nitrogens with zero attached hydrogens (tertiary/aromatic N) is 4. The molecule has 0 unspecified atom stereocenters. The maximum Gasteiger partial charge on any atom is 0.573 e. The molecule has 184 valence electrons. The highest BCUT2D eigenvalue weighted by Crippen LogP contribution is 2.23. The number of halogens is 4. The Morgan fingerprint density at radius 3 is 1.97 bits per heavy atom. The highest BCUT2D eigenvalue weighted by molar-refractivity contribution is 5.78. The van der Waals surface area contributed by atoms with Gasteiger partial charge in [-0.1, -0.05) is 12.1 Å². The van der Waals surface area contributed by atoms with Crippen molar-refractivity contribution in [1.29, 1.82) is 0 Å². The van der Waals surface area contributed by atoms with Crippen molar-refractivity contribution >= 4 is 11.6 Å². The Bertz CT molecular complexity index is 937. The zero-order valence-electron chi connectivity index (χ0n) is 18.8. The molecule has 6 nitrogen and oxygen atoms in total. The number of piperazine rings is 2. The Balaban J connectivity index is 1.17. The Labute approximate surface area is 196 Å². The van der Waals surface area contributed by atoms with Crippen molar-refractivity contribution in [2.24, 2.45) is 0 Å². The molecule has 0 saturated carbocycles. The number of benzene rings is 2. The van der Waals surface area contributed by atoms with Gasteiger partial charge in [-0.15, -0.1) is 13.2 Å². The molecule has 0 aromatic heterocycles. The number of rotatable bonds is 6. The van der Waals surface area contributed by atoms with Crippen LogP contribution >= 0.6 is 0 Å². The molecule has 0 bridgehead atoms. The van der Waals surface area contributed by atoms with Crippen LogP contribution in [0.3, 0.4) is 0 Å². The van der Waals surface area contributed by atoms with Crippen LogP contribution in [0, 0.1) is 5.82 Å². The van der Waals surface area contributed by atoms with Crippen LogP contribution in [0.15, 0.2) is 48.5 Å². The van der Waals surface area contributed by atoms with Gasteiger partial charge >= 0.3 is 6.36 Å². The molecule has 4 rings (SSSR count). The summed E-state index contributed by atoms with van der Waals surface area (Å²) in [5, 5.41) is 0. The molecule has 2 fully saturated rings. The first-order valence-electron chi connectivity index (χ1n) is 11.3. The van der Waals surface area contributed by atoms with Crippen LogP contribution in [-0.4, -0.2) is 85.9 Å². The fourth-order valence-electron chi connectivity index (χ4n) is 4.32. The van der Waals surface area contributed by atoms with Crippen molar-refractivity contribution in [3.63, 3.8) is 0 Å². The summed E-state index contributed by atoms with van der Waals surface area (Å²) in [5.74, 6) is -0.364.